The predicted octanol–water partition coefficient (Wildman–Crippen LogP) is 4.93. The first-order chi connectivity index (χ1) is 17.6. The van der Waals surface area contributed by atoms with E-state index in [-0.39, 0.29) is 35.7 Å². The number of nitrogens with one attached hydrogen (secondary N) is 1. The molecule has 0 aromatic heterocycles. The van der Waals surface area contributed by atoms with Crippen molar-refractivity contribution in [3.63, 3.8) is 0 Å². The average Bonchev–Trinajstić information content (AvgIpc) is 2.85. The molecule has 0 saturated carbocycles. The Morgan fingerprint density at radius 1 is 0.946 bits per heavy atom. The van der Waals surface area contributed by atoms with Crippen LogP contribution in [0.1, 0.15) is 79.7 Å². The molecule has 202 valence electrons. The van der Waals surface area contributed by atoms with Gasteiger partial charge in [0.25, 0.3) is 11.8 Å². The van der Waals surface area contributed by atoms with Gasteiger partial charge in [0.15, 0.2) is 0 Å². The number of Topliss-reactive ketones (excluding diaryl/α,β-unsaturated/α-hetero) is 1. The molecular formula is C29H38F2N2O4. The van der Waals surface area contributed by atoms with Crippen LogP contribution >= 0.6 is 0 Å². The van der Waals surface area contributed by atoms with Crippen LogP contribution in [0, 0.1) is 17.6 Å². The number of halogens is 2. The number of hydrogen-bond acceptors (Lipinski definition) is 4. The number of carbonyl (C=O) groups is 3. The van der Waals surface area contributed by atoms with E-state index < -0.39 is 35.6 Å². The largest absolute Gasteiger partial charge is 0.391 e. The molecular weight excluding hydrogens is 478 g/mol. The maximum Gasteiger partial charge on any atom is 0.253 e. The van der Waals surface area contributed by atoms with Crippen molar-refractivity contribution >= 4 is 17.6 Å². The highest BCUT2D eigenvalue weighted by Crippen LogP contribution is 2.19. The van der Waals surface area contributed by atoms with Gasteiger partial charge in [0.05, 0.1) is 12.1 Å². The Hall–Kier alpha value is -3.13. The second-order valence-corrected chi connectivity index (χ2v) is 9.45. The first-order valence-corrected chi connectivity index (χ1v) is 12.9. The lowest BCUT2D eigenvalue weighted by molar-refractivity contribution is -0.121. The highest BCUT2D eigenvalue weighted by Gasteiger charge is 2.27. The summed E-state index contributed by atoms with van der Waals surface area (Å²) in [5, 5.41) is 13.7. The molecule has 2 aromatic carbocycles. The summed E-state index contributed by atoms with van der Waals surface area (Å²) in [7, 11) is 0. The molecule has 2 N–H and O–H groups in total. The summed E-state index contributed by atoms with van der Waals surface area (Å²) in [4.78, 5) is 39.9. The van der Waals surface area contributed by atoms with Crippen LogP contribution in [-0.2, 0) is 11.2 Å². The quantitative estimate of drug-likeness (QED) is 0.373. The fraction of sp³-hybridized carbons (Fsp3) is 0.483. The molecule has 2 rings (SSSR count). The van der Waals surface area contributed by atoms with Crippen molar-refractivity contribution in [1.82, 2.24) is 10.2 Å². The molecule has 0 aliphatic rings. The molecule has 0 aliphatic carbocycles. The Labute approximate surface area is 218 Å². The number of carbonyl (C=O) groups excluding carboxylic acids is 3. The van der Waals surface area contributed by atoms with Gasteiger partial charge in [-0.2, -0.15) is 0 Å². The molecule has 0 spiro atoms. The Kier molecular flexibility index (Phi) is 11.9. The van der Waals surface area contributed by atoms with E-state index in [0.29, 0.717) is 25.1 Å². The summed E-state index contributed by atoms with van der Waals surface area (Å²) in [6.07, 6.45) is 1.04. The van der Waals surface area contributed by atoms with Gasteiger partial charge in [-0.25, -0.2) is 8.78 Å². The zero-order chi connectivity index (χ0) is 27.5. The minimum absolute atomic E-state index is 0.0463. The second kappa shape index (κ2) is 14.6. The Morgan fingerprint density at radius 2 is 1.54 bits per heavy atom. The monoisotopic (exact) mass is 516 g/mol. The Morgan fingerprint density at radius 3 is 2.08 bits per heavy atom. The van der Waals surface area contributed by atoms with Crippen molar-refractivity contribution in [3.8, 4) is 0 Å². The zero-order valence-corrected chi connectivity index (χ0v) is 22.1. The van der Waals surface area contributed by atoms with Crippen LogP contribution in [0.25, 0.3) is 0 Å². The van der Waals surface area contributed by atoms with E-state index in [0.717, 1.165) is 31.0 Å². The van der Waals surface area contributed by atoms with Gasteiger partial charge < -0.3 is 15.3 Å². The van der Waals surface area contributed by atoms with E-state index in [9.17, 15) is 28.3 Å². The number of ketones is 1. The topological polar surface area (TPSA) is 86.7 Å². The van der Waals surface area contributed by atoms with E-state index in [1.165, 1.54) is 13.0 Å². The van der Waals surface area contributed by atoms with Crippen LogP contribution in [0.2, 0.25) is 0 Å². The molecule has 0 saturated heterocycles. The second-order valence-electron chi connectivity index (χ2n) is 9.45. The third-order valence-electron chi connectivity index (χ3n) is 6.40. The van der Waals surface area contributed by atoms with Gasteiger partial charge in [-0.15, -0.1) is 0 Å². The van der Waals surface area contributed by atoms with Crippen LogP contribution in [0.4, 0.5) is 8.78 Å². The minimum atomic E-state index is -1.14. The first kappa shape index (κ1) is 30.1. The van der Waals surface area contributed by atoms with Gasteiger partial charge in [0.2, 0.25) is 0 Å². The summed E-state index contributed by atoms with van der Waals surface area (Å²) in [6.45, 7) is 8.47. The number of benzene rings is 2. The molecule has 6 nitrogen and oxygen atoms in total. The normalized spacial score (nSPS) is 13.5. The maximum absolute atomic E-state index is 13.8. The number of aliphatic hydroxyl groups is 1. The van der Waals surface area contributed by atoms with E-state index in [1.807, 2.05) is 20.8 Å². The van der Waals surface area contributed by atoms with Crippen LogP contribution in [0.15, 0.2) is 42.5 Å². The molecule has 0 aliphatic heterocycles. The fourth-order valence-corrected chi connectivity index (χ4v) is 4.42. The van der Waals surface area contributed by atoms with E-state index in [2.05, 4.69) is 5.32 Å². The highest BCUT2D eigenvalue weighted by molar-refractivity contribution is 5.99. The van der Waals surface area contributed by atoms with Crippen molar-refractivity contribution in [2.24, 2.45) is 5.92 Å². The molecule has 0 bridgehead atoms. The summed E-state index contributed by atoms with van der Waals surface area (Å²) < 4.78 is 27.6. The van der Waals surface area contributed by atoms with Gasteiger partial charge in [0.1, 0.15) is 17.4 Å². The summed E-state index contributed by atoms with van der Waals surface area (Å²) in [5.41, 5.74) is 0.859. The molecule has 2 aromatic rings. The standard InChI is InChI=1S/C29H38F2N2O4/c1-5-11-33(12-6-2)29(37)23-10-8-9-22(16-23)28(36)32-26(27(35)17-21(7-3)19(4)34)15-20-13-24(30)18-25(31)14-20/h8-10,13-14,16,18,21,26-27,35H,5-7,11-12,15,17H2,1-4H3,(H,32,36)/t21-,26?,27+/m1/s1. The number of rotatable bonds is 14. The fourth-order valence-electron chi connectivity index (χ4n) is 4.42. The number of nitrogens with zero attached hydrogens (tertiary/aromatic N) is 1. The molecule has 0 fully saturated rings. The lowest BCUT2D eigenvalue weighted by Crippen LogP contribution is -2.46. The molecule has 3 atom stereocenters. The van der Waals surface area contributed by atoms with Crippen molar-refractivity contribution in [2.45, 2.75) is 71.9 Å². The van der Waals surface area contributed by atoms with Gasteiger partial charge in [-0.05, 0) is 74.9 Å². The molecule has 0 radical (unpaired) electrons. The lowest BCUT2D eigenvalue weighted by Gasteiger charge is -2.27. The van der Waals surface area contributed by atoms with Crippen molar-refractivity contribution in [1.29, 1.82) is 0 Å². The van der Waals surface area contributed by atoms with Gasteiger partial charge in [-0.1, -0.05) is 26.8 Å². The number of hydrogen-bond donors (Lipinski definition) is 2. The van der Waals surface area contributed by atoms with Crippen LogP contribution in [-0.4, -0.2) is 52.8 Å². The third-order valence-corrected chi connectivity index (χ3v) is 6.40. The summed E-state index contributed by atoms with van der Waals surface area (Å²) in [6, 6.07) is 8.46. The SMILES string of the molecule is CCCN(CCC)C(=O)c1cccc(C(=O)NC(Cc2cc(F)cc(F)c2)[C@@H](O)C[C@@H](CC)C(C)=O)c1. The molecule has 2 amide bonds. The lowest BCUT2D eigenvalue weighted by atomic mass is 9.89. The van der Waals surface area contributed by atoms with Gasteiger partial charge in [-0.3, -0.25) is 14.4 Å². The van der Waals surface area contributed by atoms with Crippen molar-refractivity contribution in [2.75, 3.05) is 13.1 Å². The van der Waals surface area contributed by atoms with E-state index in [1.54, 1.807) is 23.1 Å². The smallest absolute Gasteiger partial charge is 0.253 e. The van der Waals surface area contributed by atoms with Gasteiger partial charge >= 0.3 is 0 Å². The summed E-state index contributed by atoms with van der Waals surface area (Å²) >= 11 is 0. The van der Waals surface area contributed by atoms with Crippen molar-refractivity contribution < 1.29 is 28.3 Å². The maximum atomic E-state index is 13.8. The molecule has 1 unspecified atom stereocenters. The number of amides is 2. The Bertz CT molecular complexity index is 1050. The van der Waals surface area contributed by atoms with E-state index in [4.69, 9.17) is 0 Å². The zero-order valence-electron chi connectivity index (χ0n) is 22.1. The Balaban J connectivity index is 2.30. The molecule has 0 heterocycles. The molecule has 37 heavy (non-hydrogen) atoms. The van der Waals surface area contributed by atoms with Crippen molar-refractivity contribution in [3.05, 3.63) is 70.8 Å². The summed E-state index contributed by atoms with van der Waals surface area (Å²) in [5.74, 6) is -2.73. The van der Waals surface area contributed by atoms with Crippen LogP contribution in [0.5, 0.6) is 0 Å². The predicted molar refractivity (Wildman–Crippen MR) is 139 cm³/mol. The van der Waals surface area contributed by atoms with Gasteiger partial charge in [0, 0.05) is 36.2 Å². The first-order valence-electron chi connectivity index (χ1n) is 12.9. The highest BCUT2D eigenvalue weighted by atomic mass is 19.1. The van der Waals surface area contributed by atoms with E-state index >= 15 is 0 Å². The number of aliphatic hydroxyl groups excluding tert-OH is 1. The minimum Gasteiger partial charge on any atom is -0.391 e. The molecule has 8 heteroatoms. The average molecular weight is 517 g/mol. The van der Waals surface area contributed by atoms with Crippen LogP contribution in [0.3, 0.4) is 0 Å². The van der Waals surface area contributed by atoms with Crippen LogP contribution < -0.4 is 5.32 Å². The third kappa shape index (κ3) is 9.04.